The Morgan fingerprint density at radius 2 is 1.92 bits per heavy atom. The van der Waals surface area contributed by atoms with Crippen molar-refractivity contribution in [3.63, 3.8) is 0 Å². The van der Waals surface area contributed by atoms with Crippen molar-refractivity contribution in [2.45, 2.75) is 13.3 Å². The monoisotopic (exact) mass is 351 g/mol. The number of carboxylic acids is 1. The number of hydrogen-bond acceptors (Lipinski definition) is 5. The Morgan fingerprint density at radius 3 is 2.42 bits per heavy atom. The summed E-state index contributed by atoms with van der Waals surface area (Å²) in [5, 5.41) is 8.86. The molecule has 2 aromatic rings. The van der Waals surface area contributed by atoms with E-state index in [0.717, 1.165) is 16.1 Å². The third-order valence-electron chi connectivity index (χ3n) is 3.19. The van der Waals surface area contributed by atoms with Crippen LogP contribution in [0, 0.1) is 6.92 Å². The molecule has 1 aromatic carbocycles. The number of carboxylic acid groups (broad SMARTS) is 1. The first-order chi connectivity index (χ1) is 11.1. The smallest absolute Gasteiger partial charge is 0.324 e. The molecule has 0 spiro atoms. The molecule has 0 aliphatic carbocycles. The van der Waals surface area contributed by atoms with Gasteiger partial charge in [-0.1, -0.05) is 12.1 Å². The number of H-pyrrole nitrogens is 1. The number of sulfonamides is 1. The van der Waals surface area contributed by atoms with E-state index in [0.29, 0.717) is 17.9 Å². The van der Waals surface area contributed by atoms with E-state index in [1.165, 1.54) is 18.2 Å². The van der Waals surface area contributed by atoms with Gasteiger partial charge in [-0.15, -0.1) is 0 Å². The van der Waals surface area contributed by atoms with Crippen LogP contribution in [0.25, 0.3) is 0 Å². The van der Waals surface area contributed by atoms with Gasteiger partial charge in [-0.25, -0.2) is 13.4 Å². The fraction of sp³-hybridized carbons (Fsp3) is 0.267. The summed E-state index contributed by atoms with van der Waals surface area (Å²) in [6, 6.07) is 7.76. The third kappa shape index (κ3) is 4.66. The average molecular weight is 351 g/mol. The Labute approximate surface area is 138 Å². The van der Waals surface area contributed by atoms with Gasteiger partial charge >= 0.3 is 5.97 Å². The molecule has 1 aromatic heterocycles. The lowest BCUT2D eigenvalue weighted by atomic mass is 10.1. The fourth-order valence-electron chi connectivity index (χ4n) is 2.22. The summed E-state index contributed by atoms with van der Waals surface area (Å²) in [5.41, 5.74) is 1.43. The average Bonchev–Trinajstić information content (AvgIpc) is 2.43. The van der Waals surface area contributed by atoms with Crippen LogP contribution < -0.4 is 9.86 Å². The number of rotatable bonds is 6. The van der Waals surface area contributed by atoms with Gasteiger partial charge in [-0.3, -0.25) is 13.9 Å². The predicted molar refractivity (Wildman–Crippen MR) is 88.7 cm³/mol. The van der Waals surface area contributed by atoms with Gasteiger partial charge in [0.05, 0.1) is 11.9 Å². The predicted octanol–water partition coefficient (Wildman–Crippen LogP) is 0.520. The van der Waals surface area contributed by atoms with E-state index in [2.05, 4.69) is 9.97 Å². The molecule has 0 amide bonds. The van der Waals surface area contributed by atoms with Crippen molar-refractivity contribution in [3.8, 4) is 0 Å². The molecule has 9 heteroatoms. The van der Waals surface area contributed by atoms with Crippen LogP contribution in [0.2, 0.25) is 0 Å². The highest BCUT2D eigenvalue weighted by Crippen LogP contribution is 2.19. The van der Waals surface area contributed by atoms with Crippen LogP contribution in [0.3, 0.4) is 0 Å². The largest absolute Gasteiger partial charge is 0.480 e. The second-order valence-corrected chi connectivity index (χ2v) is 7.25. The minimum atomic E-state index is -3.70. The summed E-state index contributed by atoms with van der Waals surface area (Å²) in [6.07, 6.45) is 1.32. The van der Waals surface area contributed by atoms with Crippen molar-refractivity contribution in [1.29, 1.82) is 0 Å². The van der Waals surface area contributed by atoms with E-state index in [-0.39, 0.29) is 11.2 Å². The summed E-state index contributed by atoms with van der Waals surface area (Å²) in [6.45, 7) is 1.07. The molecular weight excluding hydrogens is 334 g/mol. The van der Waals surface area contributed by atoms with Crippen molar-refractivity contribution in [2.24, 2.45) is 0 Å². The molecule has 0 aliphatic rings. The summed E-state index contributed by atoms with van der Waals surface area (Å²) in [4.78, 5) is 29.1. The molecule has 128 valence electrons. The number of nitrogens with one attached hydrogen (secondary N) is 1. The Morgan fingerprint density at radius 1 is 1.29 bits per heavy atom. The molecule has 2 rings (SSSR count). The second-order valence-electron chi connectivity index (χ2n) is 5.34. The Kier molecular flexibility index (Phi) is 5.03. The van der Waals surface area contributed by atoms with Crippen LogP contribution in [0.15, 0.2) is 35.1 Å². The highest BCUT2D eigenvalue weighted by Gasteiger charge is 2.20. The molecule has 8 nitrogen and oxygen atoms in total. The number of anilines is 1. The highest BCUT2D eigenvalue weighted by molar-refractivity contribution is 7.92. The van der Waals surface area contributed by atoms with Crippen LogP contribution in [0.1, 0.15) is 17.1 Å². The molecule has 24 heavy (non-hydrogen) atoms. The standard InChI is InChI=1S/C15H17N3O5S/c1-10-7-14(19)17-13(16-10)8-11-3-5-12(6-4-11)18(9-15(20)21)24(2,22)23/h3-7H,8-9H2,1-2H3,(H,20,21)(H,16,17,19). The molecule has 0 radical (unpaired) electrons. The number of aliphatic carboxylic acids is 1. The molecule has 0 atom stereocenters. The maximum Gasteiger partial charge on any atom is 0.324 e. The number of aromatic amines is 1. The number of hydrogen-bond donors (Lipinski definition) is 2. The third-order valence-corrected chi connectivity index (χ3v) is 4.33. The number of benzene rings is 1. The molecular formula is C15H17N3O5S. The lowest BCUT2D eigenvalue weighted by molar-refractivity contribution is -0.135. The number of aromatic nitrogens is 2. The number of carbonyl (C=O) groups is 1. The van der Waals surface area contributed by atoms with Gasteiger partial charge in [-0.05, 0) is 24.6 Å². The SMILES string of the molecule is Cc1cc(=O)[nH]c(Cc2ccc(N(CC(=O)O)S(C)(=O)=O)cc2)n1. The van der Waals surface area contributed by atoms with E-state index >= 15 is 0 Å². The van der Waals surface area contributed by atoms with Gasteiger partial charge in [0.25, 0.3) is 5.56 Å². The Bertz CT molecular complexity index is 903. The van der Waals surface area contributed by atoms with Crippen LogP contribution in [-0.4, -0.2) is 42.3 Å². The molecule has 0 unspecified atom stereocenters. The van der Waals surface area contributed by atoms with E-state index in [9.17, 15) is 18.0 Å². The van der Waals surface area contributed by atoms with Gasteiger partial charge in [0.1, 0.15) is 12.4 Å². The quantitative estimate of drug-likeness (QED) is 0.783. The minimum absolute atomic E-state index is 0.237. The minimum Gasteiger partial charge on any atom is -0.480 e. The zero-order valence-corrected chi connectivity index (χ0v) is 14.0. The summed E-state index contributed by atoms with van der Waals surface area (Å²) in [5.74, 6) is -0.746. The first-order valence-corrected chi connectivity index (χ1v) is 8.85. The first kappa shape index (κ1) is 17.7. The van der Waals surface area contributed by atoms with Crippen LogP contribution in [0.5, 0.6) is 0 Å². The molecule has 0 saturated heterocycles. The Hall–Kier alpha value is -2.68. The van der Waals surface area contributed by atoms with Crippen molar-refractivity contribution in [2.75, 3.05) is 17.1 Å². The summed E-state index contributed by atoms with van der Waals surface area (Å²) in [7, 11) is -3.70. The normalized spacial score (nSPS) is 11.2. The molecule has 2 N–H and O–H groups in total. The van der Waals surface area contributed by atoms with Crippen LogP contribution in [0.4, 0.5) is 5.69 Å². The molecule has 0 aliphatic heterocycles. The molecule has 0 saturated carbocycles. The maximum atomic E-state index is 11.7. The van der Waals surface area contributed by atoms with Crippen LogP contribution >= 0.6 is 0 Å². The van der Waals surface area contributed by atoms with Gasteiger partial charge in [-0.2, -0.15) is 0 Å². The molecule has 1 heterocycles. The fourth-order valence-corrected chi connectivity index (χ4v) is 3.07. The van der Waals surface area contributed by atoms with Gasteiger partial charge < -0.3 is 10.1 Å². The first-order valence-electron chi connectivity index (χ1n) is 7.00. The number of nitrogens with zero attached hydrogens (tertiary/aromatic N) is 2. The van der Waals surface area contributed by atoms with Crippen LogP contribution in [-0.2, 0) is 21.2 Å². The lowest BCUT2D eigenvalue weighted by Gasteiger charge is -2.20. The van der Waals surface area contributed by atoms with Crippen molar-refractivity contribution < 1.29 is 18.3 Å². The van der Waals surface area contributed by atoms with E-state index < -0.39 is 22.5 Å². The van der Waals surface area contributed by atoms with Gasteiger partial charge in [0.15, 0.2) is 0 Å². The van der Waals surface area contributed by atoms with Crippen molar-refractivity contribution in [3.05, 3.63) is 57.8 Å². The van der Waals surface area contributed by atoms with Gasteiger partial charge in [0, 0.05) is 18.2 Å². The number of aryl methyl sites for hydroxylation is 1. The van der Waals surface area contributed by atoms with E-state index in [1.54, 1.807) is 19.1 Å². The summed E-state index contributed by atoms with van der Waals surface area (Å²) >= 11 is 0. The molecule has 0 bridgehead atoms. The van der Waals surface area contributed by atoms with E-state index in [4.69, 9.17) is 5.11 Å². The van der Waals surface area contributed by atoms with Crippen molar-refractivity contribution in [1.82, 2.24) is 9.97 Å². The van der Waals surface area contributed by atoms with Gasteiger partial charge in [0.2, 0.25) is 10.0 Å². The Balaban J connectivity index is 2.26. The second kappa shape index (κ2) is 6.83. The van der Waals surface area contributed by atoms with Crippen molar-refractivity contribution >= 4 is 21.7 Å². The molecule has 0 fully saturated rings. The zero-order chi connectivity index (χ0) is 17.9. The highest BCUT2D eigenvalue weighted by atomic mass is 32.2. The summed E-state index contributed by atoms with van der Waals surface area (Å²) < 4.78 is 24.3. The topological polar surface area (TPSA) is 120 Å². The zero-order valence-electron chi connectivity index (χ0n) is 13.2. The maximum absolute atomic E-state index is 11.7. The lowest BCUT2D eigenvalue weighted by Crippen LogP contribution is -2.34. The van der Waals surface area contributed by atoms with E-state index in [1.807, 2.05) is 0 Å².